The van der Waals surface area contributed by atoms with Crippen LogP contribution in [-0.2, 0) is 23.7 Å². The van der Waals surface area contributed by atoms with E-state index in [4.69, 9.17) is 23.7 Å². The zero-order chi connectivity index (χ0) is 15.6. The van der Waals surface area contributed by atoms with E-state index in [1.807, 2.05) is 6.92 Å². The van der Waals surface area contributed by atoms with Gasteiger partial charge in [0.05, 0.1) is 24.4 Å². The summed E-state index contributed by atoms with van der Waals surface area (Å²) < 4.78 is 27.7. The molecule has 2 rings (SSSR count). The Morgan fingerprint density at radius 2 is 1.57 bits per heavy atom. The van der Waals surface area contributed by atoms with Gasteiger partial charge in [0.2, 0.25) is 0 Å². The maximum absolute atomic E-state index is 9.96. The summed E-state index contributed by atoms with van der Waals surface area (Å²) in [4.78, 5) is 0. The van der Waals surface area contributed by atoms with Crippen LogP contribution in [0.15, 0.2) is 0 Å². The average molecular weight is 306 g/mol. The lowest BCUT2D eigenvalue weighted by atomic mass is 10.0. The smallest absolute Gasteiger partial charge is 0.161 e. The van der Waals surface area contributed by atoms with E-state index in [0.29, 0.717) is 12.8 Å². The summed E-state index contributed by atoms with van der Waals surface area (Å²) in [5, 5.41) is 19.6. The first kappa shape index (κ1) is 17.1. The van der Waals surface area contributed by atoms with E-state index < -0.39 is 18.7 Å². The Kier molecular flexibility index (Phi) is 5.96. The fourth-order valence-electron chi connectivity index (χ4n) is 2.95. The van der Waals surface area contributed by atoms with Gasteiger partial charge < -0.3 is 33.9 Å². The van der Waals surface area contributed by atoms with Gasteiger partial charge in [0.1, 0.15) is 12.2 Å². The summed E-state index contributed by atoms with van der Waals surface area (Å²) >= 11 is 0. The van der Waals surface area contributed by atoms with E-state index in [-0.39, 0.29) is 30.5 Å². The van der Waals surface area contributed by atoms with Crippen LogP contribution in [0, 0.1) is 0 Å². The average Bonchev–Trinajstić information content (AvgIpc) is 2.45. The zero-order valence-corrected chi connectivity index (χ0v) is 13.0. The van der Waals surface area contributed by atoms with Crippen LogP contribution in [0.2, 0.25) is 0 Å². The quantitative estimate of drug-likeness (QED) is 0.757. The van der Waals surface area contributed by atoms with Crippen LogP contribution in [0.3, 0.4) is 0 Å². The van der Waals surface area contributed by atoms with Gasteiger partial charge in [0, 0.05) is 27.1 Å². The van der Waals surface area contributed by atoms with Gasteiger partial charge in [-0.2, -0.15) is 0 Å². The van der Waals surface area contributed by atoms with Crippen molar-refractivity contribution in [2.24, 2.45) is 0 Å². The highest BCUT2D eigenvalue weighted by Gasteiger charge is 2.42. The predicted molar refractivity (Wildman–Crippen MR) is 72.6 cm³/mol. The molecule has 0 aromatic carbocycles. The zero-order valence-electron chi connectivity index (χ0n) is 13.0. The summed E-state index contributed by atoms with van der Waals surface area (Å²) in [6, 6.07) is 0. The maximum Gasteiger partial charge on any atom is 0.161 e. The van der Waals surface area contributed by atoms with Crippen molar-refractivity contribution in [1.82, 2.24) is 0 Å². The number of aliphatic hydroxyl groups is 2. The second-order valence-electron chi connectivity index (χ2n) is 5.68. The summed E-state index contributed by atoms with van der Waals surface area (Å²) in [5.41, 5.74) is 0. The molecule has 0 bridgehead atoms. The van der Waals surface area contributed by atoms with E-state index in [1.54, 1.807) is 21.1 Å². The van der Waals surface area contributed by atoms with Crippen molar-refractivity contribution in [3.63, 3.8) is 0 Å². The Balaban J connectivity index is 1.99. The van der Waals surface area contributed by atoms with Gasteiger partial charge in [0.25, 0.3) is 0 Å². The van der Waals surface area contributed by atoms with E-state index in [0.717, 1.165) is 0 Å². The number of hydrogen-bond acceptors (Lipinski definition) is 7. The van der Waals surface area contributed by atoms with E-state index in [9.17, 15) is 10.2 Å². The third-order valence-electron chi connectivity index (χ3n) is 4.20. The van der Waals surface area contributed by atoms with Crippen LogP contribution in [0.4, 0.5) is 0 Å². The first-order chi connectivity index (χ1) is 9.96. The molecule has 0 saturated carbocycles. The van der Waals surface area contributed by atoms with Crippen molar-refractivity contribution >= 4 is 0 Å². The monoisotopic (exact) mass is 306 g/mol. The molecule has 7 nitrogen and oxygen atoms in total. The van der Waals surface area contributed by atoms with Crippen molar-refractivity contribution in [2.45, 2.75) is 75.9 Å². The minimum atomic E-state index is -0.843. The molecule has 8 atom stereocenters. The molecule has 0 spiro atoms. The maximum atomic E-state index is 9.96. The first-order valence-corrected chi connectivity index (χ1v) is 7.34. The van der Waals surface area contributed by atoms with Crippen LogP contribution in [0.1, 0.15) is 26.7 Å². The molecule has 0 unspecified atom stereocenters. The van der Waals surface area contributed by atoms with Crippen LogP contribution in [0.5, 0.6) is 0 Å². The van der Waals surface area contributed by atoms with Crippen molar-refractivity contribution in [1.29, 1.82) is 0 Å². The van der Waals surface area contributed by atoms with Crippen molar-refractivity contribution in [2.75, 3.05) is 14.2 Å². The normalized spacial score (nSPS) is 48.3. The summed E-state index contributed by atoms with van der Waals surface area (Å²) in [6.45, 7) is 3.61. The topological polar surface area (TPSA) is 86.6 Å². The highest BCUT2D eigenvalue weighted by atomic mass is 16.7. The Bertz CT molecular complexity index is 326. The molecule has 0 aromatic heterocycles. The van der Waals surface area contributed by atoms with Crippen molar-refractivity contribution in [3.8, 4) is 0 Å². The number of aliphatic hydroxyl groups excluding tert-OH is 2. The second kappa shape index (κ2) is 7.32. The minimum absolute atomic E-state index is 0.268. The number of hydrogen-bond donors (Lipinski definition) is 2. The first-order valence-electron chi connectivity index (χ1n) is 7.34. The molecule has 7 heteroatoms. The third-order valence-corrected chi connectivity index (χ3v) is 4.20. The number of rotatable bonds is 4. The van der Waals surface area contributed by atoms with Gasteiger partial charge in [0.15, 0.2) is 12.6 Å². The molecule has 124 valence electrons. The van der Waals surface area contributed by atoms with E-state index in [2.05, 4.69) is 0 Å². The molecule has 2 N–H and O–H groups in total. The Morgan fingerprint density at radius 3 is 2.19 bits per heavy atom. The molecule has 0 aromatic rings. The lowest BCUT2D eigenvalue weighted by Crippen LogP contribution is -2.54. The molecule has 2 fully saturated rings. The van der Waals surface area contributed by atoms with Crippen LogP contribution in [-0.4, -0.2) is 73.6 Å². The fourth-order valence-corrected chi connectivity index (χ4v) is 2.95. The van der Waals surface area contributed by atoms with Crippen LogP contribution in [0.25, 0.3) is 0 Å². The van der Waals surface area contributed by atoms with Gasteiger partial charge in [-0.25, -0.2) is 0 Å². The molecule has 2 aliphatic heterocycles. The summed E-state index contributed by atoms with van der Waals surface area (Å²) in [6.07, 6.45) is -2.86. The Hall–Kier alpha value is -0.280. The standard InChI is InChI=1S/C14H26O7/c1-7-13(16)9(17-3)6-12(20-7)21-14-8(2)19-11(15)5-10(14)18-4/h7-16H,5-6H2,1-4H3/t7-,8-,9-,10-,11-,12+,13-,14-/m0/s1. The van der Waals surface area contributed by atoms with Crippen molar-refractivity contribution in [3.05, 3.63) is 0 Å². The van der Waals surface area contributed by atoms with Gasteiger partial charge in [-0.3, -0.25) is 0 Å². The number of ether oxygens (including phenoxy) is 5. The Labute approximate surface area is 125 Å². The molecular formula is C14H26O7. The summed E-state index contributed by atoms with van der Waals surface area (Å²) in [5.74, 6) is 0. The van der Waals surface area contributed by atoms with Gasteiger partial charge in [-0.05, 0) is 13.8 Å². The molecule has 0 radical (unpaired) electrons. The SMILES string of the molecule is CO[C@H]1C[C@@H](O[C@H]2[C@H](C)O[C@H](O)C[C@@H]2OC)O[C@@H](C)[C@@H]1O. The predicted octanol–water partition coefficient (Wildman–Crippen LogP) is 0.0246. The molecular weight excluding hydrogens is 280 g/mol. The van der Waals surface area contributed by atoms with Crippen LogP contribution < -0.4 is 0 Å². The molecule has 2 heterocycles. The van der Waals surface area contributed by atoms with E-state index >= 15 is 0 Å². The van der Waals surface area contributed by atoms with Crippen molar-refractivity contribution < 1.29 is 33.9 Å². The van der Waals surface area contributed by atoms with Gasteiger partial charge in [-0.15, -0.1) is 0 Å². The lowest BCUT2D eigenvalue weighted by Gasteiger charge is -2.42. The molecule has 2 saturated heterocycles. The van der Waals surface area contributed by atoms with Crippen LogP contribution >= 0.6 is 0 Å². The Morgan fingerprint density at radius 1 is 0.905 bits per heavy atom. The van der Waals surface area contributed by atoms with Gasteiger partial charge >= 0.3 is 0 Å². The second-order valence-corrected chi connectivity index (χ2v) is 5.68. The lowest BCUT2D eigenvalue weighted by molar-refractivity contribution is -0.310. The highest BCUT2D eigenvalue weighted by Crippen LogP contribution is 2.29. The molecule has 21 heavy (non-hydrogen) atoms. The van der Waals surface area contributed by atoms with Gasteiger partial charge in [-0.1, -0.05) is 0 Å². The number of methoxy groups -OCH3 is 2. The van der Waals surface area contributed by atoms with E-state index in [1.165, 1.54) is 0 Å². The molecule has 2 aliphatic rings. The third kappa shape index (κ3) is 3.92. The minimum Gasteiger partial charge on any atom is -0.388 e. The largest absolute Gasteiger partial charge is 0.388 e. The highest BCUT2D eigenvalue weighted by molar-refractivity contribution is 4.86. The summed E-state index contributed by atoms with van der Waals surface area (Å²) in [7, 11) is 3.14. The molecule has 0 aliphatic carbocycles. The fraction of sp³-hybridized carbons (Fsp3) is 1.00. The molecule has 0 amide bonds.